The van der Waals surface area contributed by atoms with E-state index in [0.717, 1.165) is 0 Å². The fraction of sp³-hybridized carbons (Fsp3) is 0.182. The molecule has 84 valence electrons. The van der Waals surface area contributed by atoms with Crippen LogP contribution in [0.1, 0.15) is 0 Å². The van der Waals surface area contributed by atoms with Gasteiger partial charge in [-0.3, -0.25) is 4.68 Å². The molecule has 0 spiro atoms. The molecule has 0 amide bonds. The highest BCUT2D eigenvalue weighted by molar-refractivity contribution is 6.30. The van der Waals surface area contributed by atoms with Crippen LogP contribution in [-0.2, 0) is 6.54 Å². The van der Waals surface area contributed by atoms with Gasteiger partial charge in [0.25, 0.3) is 0 Å². The van der Waals surface area contributed by atoms with E-state index in [1.54, 1.807) is 16.9 Å². The average Bonchev–Trinajstić information content (AvgIpc) is 2.76. The van der Waals surface area contributed by atoms with Crippen molar-refractivity contribution >= 4 is 11.6 Å². The Morgan fingerprint density at radius 1 is 1.44 bits per heavy atom. The SMILES string of the molecule is Fc1cc(OCCn2cccn2)ccc1Cl. The van der Waals surface area contributed by atoms with Crippen molar-refractivity contribution in [2.24, 2.45) is 0 Å². The Hall–Kier alpha value is -1.55. The summed E-state index contributed by atoms with van der Waals surface area (Å²) in [4.78, 5) is 0. The first-order chi connectivity index (χ1) is 7.75. The van der Waals surface area contributed by atoms with Crippen molar-refractivity contribution in [3.8, 4) is 5.75 Å². The normalized spacial score (nSPS) is 10.4. The molecule has 0 atom stereocenters. The van der Waals surface area contributed by atoms with Crippen LogP contribution >= 0.6 is 11.6 Å². The maximum absolute atomic E-state index is 13.1. The minimum absolute atomic E-state index is 0.0967. The van der Waals surface area contributed by atoms with Crippen molar-refractivity contribution < 1.29 is 9.13 Å². The predicted molar refractivity (Wildman–Crippen MR) is 59.1 cm³/mol. The van der Waals surface area contributed by atoms with Gasteiger partial charge in [0.15, 0.2) is 0 Å². The van der Waals surface area contributed by atoms with Crippen molar-refractivity contribution in [1.29, 1.82) is 0 Å². The summed E-state index contributed by atoms with van der Waals surface area (Å²) in [7, 11) is 0. The lowest BCUT2D eigenvalue weighted by atomic mass is 10.3. The molecule has 0 unspecified atom stereocenters. The number of hydrogen-bond acceptors (Lipinski definition) is 2. The lowest BCUT2D eigenvalue weighted by Gasteiger charge is -2.06. The van der Waals surface area contributed by atoms with E-state index in [4.69, 9.17) is 16.3 Å². The van der Waals surface area contributed by atoms with E-state index in [-0.39, 0.29) is 5.02 Å². The highest BCUT2D eigenvalue weighted by atomic mass is 35.5. The summed E-state index contributed by atoms with van der Waals surface area (Å²) in [6, 6.07) is 6.21. The van der Waals surface area contributed by atoms with Gasteiger partial charge in [-0.25, -0.2) is 4.39 Å². The van der Waals surface area contributed by atoms with Crippen LogP contribution in [0.3, 0.4) is 0 Å². The topological polar surface area (TPSA) is 27.1 Å². The summed E-state index contributed by atoms with van der Waals surface area (Å²) < 4.78 is 20.1. The quantitative estimate of drug-likeness (QED) is 0.822. The third kappa shape index (κ3) is 2.73. The predicted octanol–water partition coefficient (Wildman–Crippen LogP) is 2.75. The van der Waals surface area contributed by atoms with Crippen molar-refractivity contribution in [3.63, 3.8) is 0 Å². The Morgan fingerprint density at radius 3 is 3.00 bits per heavy atom. The number of hydrogen-bond donors (Lipinski definition) is 0. The van der Waals surface area contributed by atoms with Crippen LogP contribution in [0.5, 0.6) is 5.75 Å². The van der Waals surface area contributed by atoms with Crippen LogP contribution in [0.4, 0.5) is 4.39 Å². The Morgan fingerprint density at radius 2 is 2.31 bits per heavy atom. The highest BCUT2D eigenvalue weighted by Gasteiger charge is 2.01. The Balaban J connectivity index is 1.87. The first kappa shape index (κ1) is 11.0. The zero-order chi connectivity index (χ0) is 11.4. The van der Waals surface area contributed by atoms with Gasteiger partial charge in [-0.2, -0.15) is 5.10 Å². The van der Waals surface area contributed by atoms with Crippen molar-refractivity contribution in [1.82, 2.24) is 9.78 Å². The summed E-state index contributed by atoms with van der Waals surface area (Å²) in [6.45, 7) is 1.06. The van der Waals surface area contributed by atoms with Gasteiger partial charge in [0.2, 0.25) is 0 Å². The molecule has 0 aliphatic rings. The summed E-state index contributed by atoms with van der Waals surface area (Å²) >= 11 is 5.55. The molecule has 0 radical (unpaired) electrons. The molecule has 3 nitrogen and oxygen atoms in total. The van der Waals surface area contributed by atoms with E-state index >= 15 is 0 Å². The third-order valence-corrected chi connectivity index (χ3v) is 2.35. The summed E-state index contributed by atoms with van der Waals surface area (Å²) in [5.74, 6) is -0.00712. The molecule has 2 aromatic rings. The smallest absolute Gasteiger partial charge is 0.145 e. The Labute approximate surface area is 97.4 Å². The van der Waals surface area contributed by atoms with E-state index in [9.17, 15) is 4.39 Å². The average molecular weight is 241 g/mol. The largest absolute Gasteiger partial charge is 0.492 e. The summed E-state index contributed by atoms with van der Waals surface area (Å²) in [6.07, 6.45) is 3.54. The standard InChI is InChI=1S/C11H10ClFN2O/c12-10-3-2-9(8-11(10)13)16-7-6-15-5-1-4-14-15/h1-5,8H,6-7H2. The first-order valence-corrected chi connectivity index (χ1v) is 5.19. The van der Waals surface area contributed by atoms with Gasteiger partial charge in [0.05, 0.1) is 11.6 Å². The van der Waals surface area contributed by atoms with Crippen LogP contribution in [0, 0.1) is 5.82 Å². The molecule has 0 aliphatic heterocycles. The van der Waals surface area contributed by atoms with Gasteiger partial charge in [-0.1, -0.05) is 11.6 Å². The summed E-state index contributed by atoms with van der Waals surface area (Å²) in [5, 5.41) is 4.12. The van der Waals surface area contributed by atoms with Gasteiger partial charge in [-0.15, -0.1) is 0 Å². The molecule has 0 N–H and O–H groups in total. The molecule has 0 aliphatic carbocycles. The maximum Gasteiger partial charge on any atom is 0.145 e. The molecule has 2 rings (SSSR count). The molecular formula is C11H10ClFN2O. The fourth-order valence-corrected chi connectivity index (χ4v) is 1.37. The van der Waals surface area contributed by atoms with Crippen molar-refractivity contribution in [3.05, 3.63) is 47.5 Å². The molecule has 0 fully saturated rings. The first-order valence-electron chi connectivity index (χ1n) is 4.81. The van der Waals surface area contributed by atoms with E-state index in [0.29, 0.717) is 18.9 Å². The molecule has 0 saturated carbocycles. The van der Waals surface area contributed by atoms with Crippen molar-refractivity contribution in [2.45, 2.75) is 6.54 Å². The molecule has 1 heterocycles. The van der Waals surface area contributed by atoms with Gasteiger partial charge in [0, 0.05) is 18.5 Å². The molecule has 1 aromatic carbocycles. The van der Waals surface area contributed by atoms with E-state index in [2.05, 4.69) is 5.10 Å². The number of aromatic nitrogens is 2. The van der Waals surface area contributed by atoms with Crippen molar-refractivity contribution in [2.75, 3.05) is 6.61 Å². The van der Waals surface area contributed by atoms with Crippen LogP contribution in [0.2, 0.25) is 5.02 Å². The maximum atomic E-state index is 13.1. The highest BCUT2D eigenvalue weighted by Crippen LogP contribution is 2.20. The Bertz CT molecular complexity index is 459. The number of halogens is 2. The second kappa shape index (κ2) is 4.99. The molecule has 5 heteroatoms. The van der Waals surface area contributed by atoms with Crippen LogP contribution < -0.4 is 4.74 Å². The van der Waals surface area contributed by atoms with Crippen LogP contribution in [0.25, 0.3) is 0 Å². The fourth-order valence-electron chi connectivity index (χ4n) is 1.26. The third-order valence-electron chi connectivity index (χ3n) is 2.04. The molecule has 0 bridgehead atoms. The van der Waals surface area contributed by atoms with E-state index in [1.165, 1.54) is 12.1 Å². The lowest BCUT2D eigenvalue weighted by molar-refractivity contribution is 0.290. The number of benzene rings is 1. The molecular weight excluding hydrogens is 231 g/mol. The Kier molecular flexibility index (Phi) is 3.41. The lowest BCUT2D eigenvalue weighted by Crippen LogP contribution is -2.08. The zero-order valence-corrected chi connectivity index (χ0v) is 9.19. The second-order valence-corrected chi connectivity index (χ2v) is 3.60. The van der Waals surface area contributed by atoms with Crippen LogP contribution in [0.15, 0.2) is 36.7 Å². The van der Waals surface area contributed by atoms with E-state index in [1.807, 2.05) is 12.3 Å². The van der Waals surface area contributed by atoms with Gasteiger partial charge in [-0.05, 0) is 18.2 Å². The number of ether oxygens (including phenoxy) is 1. The van der Waals surface area contributed by atoms with Gasteiger partial charge >= 0.3 is 0 Å². The minimum atomic E-state index is -0.474. The summed E-state index contributed by atoms with van der Waals surface area (Å²) in [5.41, 5.74) is 0. The minimum Gasteiger partial charge on any atom is -0.492 e. The van der Waals surface area contributed by atoms with Gasteiger partial charge < -0.3 is 4.74 Å². The van der Waals surface area contributed by atoms with E-state index < -0.39 is 5.82 Å². The monoisotopic (exact) mass is 240 g/mol. The molecule has 1 aromatic heterocycles. The molecule has 0 saturated heterocycles. The number of nitrogens with zero attached hydrogens (tertiary/aromatic N) is 2. The zero-order valence-electron chi connectivity index (χ0n) is 8.44. The number of rotatable bonds is 4. The second-order valence-electron chi connectivity index (χ2n) is 3.19. The molecule has 16 heavy (non-hydrogen) atoms. The van der Waals surface area contributed by atoms with Gasteiger partial charge in [0.1, 0.15) is 18.2 Å². The van der Waals surface area contributed by atoms with Crippen LogP contribution in [-0.4, -0.2) is 16.4 Å².